The fourth-order valence-corrected chi connectivity index (χ4v) is 3.55. The largest absolute Gasteiger partial charge is 0.281 e. The third-order valence-corrected chi connectivity index (χ3v) is 5.34. The van der Waals surface area contributed by atoms with Crippen molar-refractivity contribution in [3.63, 3.8) is 0 Å². The van der Waals surface area contributed by atoms with E-state index in [1.54, 1.807) is 0 Å². The van der Waals surface area contributed by atoms with Gasteiger partial charge in [-0.1, -0.05) is 0 Å². The van der Waals surface area contributed by atoms with Crippen molar-refractivity contribution < 1.29 is 19.2 Å². The highest BCUT2D eigenvalue weighted by molar-refractivity contribution is 8.87. The molecule has 8 heteroatoms. The molecule has 24 heavy (non-hydrogen) atoms. The molecule has 0 amide bonds. The number of carbonyl (C=O) groups is 4. The normalized spacial score (nSPS) is 10.2. The van der Waals surface area contributed by atoms with Crippen molar-refractivity contribution in [2.45, 2.75) is 0 Å². The second kappa shape index (κ2) is 8.48. The highest BCUT2D eigenvalue weighted by Gasteiger charge is 2.14. The van der Waals surface area contributed by atoms with E-state index in [9.17, 15) is 19.2 Å². The van der Waals surface area contributed by atoms with Crippen LogP contribution in [0.1, 0.15) is 41.4 Å². The summed E-state index contributed by atoms with van der Waals surface area (Å²) in [6, 6.07) is 11.6. The van der Waals surface area contributed by atoms with Crippen LogP contribution in [0.3, 0.4) is 0 Å². The van der Waals surface area contributed by atoms with Gasteiger partial charge in [-0.25, -0.2) is 0 Å². The first-order valence-electron chi connectivity index (χ1n) is 6.41. The number of hydrogen-bond acceptors (Lipinski definition) is 6. The van der Waals surface area contributed by atoms with Crippen LogP contribution in [0.4, 0.5) is 0 Å². The lowest BCUT2D eigenvalue weighted by atomic mass is 10.2. The van der Waals surface area contributed by atoms with Crippen LogP contribution in [0.15, 0.2) is 48.5 Å². The van der Waals surface area contributed by atoms with Crippen molar-refractivity contribution in [2.75, 3.05) is 0 Å². The molecule has 0 N–H and O–H groups in total. The Morgan fingerprint density at radius 3 is 1.04 bits per heavy atom. The first-order chi connectivity index (χ1) is 11.4. The van der Waals surface area contributed by atoms with Gasteiger partial charge in [0.25, 0.3) is 10.5 Å². The monoisotopic (exact) mass is 398 g/mol. The van der Waals surface area contributed by atoms with E-state index in [0.717, 1.165) is 21.6 Å². The maximum atomic E-state index is 12.0. The molecule has 0 aliphatic heterocycles. The van der Waals surface area contributed by atoms with E-state index >= 15 is 0 Å². The molecule has 4 nitrogen and oxygen atoms in total. The number of halogens is 2. The van der Waals surface area contributed by atoms with Gasteiger partial charge in [0.15, 0.2) is 0 Å². The average molecular weight is 399 g/mol. The van der Waals surface area contributed by atoms with Gasteiger partial charge in [0.2, 0.25) is 10.2 Å². The lowest BCUT2D eigenvalue weighted by molar-refractivity contribution is 0.107. The van der Waals surface area contributed by atoms with Gasteiger partial charge in [0.1, 0.15) is 0 Å². The summed E-state index contributed by atoms with van der Waals surface area (Å²) in [4.78, 5) is 46.0. The zero-order valence-corrected chi connectivity index (χ0v) is 15.0. The minimum Gasteiger partial charge on any atom is -0.281 e. The highest BCUT2D eigenvalue weighted by Crippen LogP contribution is 2.29. The van der Waals surface area contributed by atoms with Crippen molar-refractivity contribution in [3.05, 3.63) is 70.8 Å². The molecule has 0 aliphatic rings. The zero-order chi connectivity index (χ0) is 17.7. The van der Waals surface area contributed by atoms with Crippen LogP contribution in [0, 0.1) is 0 Å². The number of benzene rings is 2. The first kappa shape index (κ1) is 18.7. The van der Waals surface area contributed by atoms with Gasteiger partial charge >= 0.3 is 0 Å². The number of hydrogen-bond donors (Lipinski definition) is 0. The summed E-state index contributed by atoms with van der Waals surface area (Å²) in [5, 5.41) is -1.86. The summed E-state index contributed by atoms with van der Waals surface area (Å²) in [5.41, 5.74) is 1.28. The van der Waals surface area contributed by atoms with Crippen molar-refractivity contribution in [3.8, 4) is 0 Å². The van der Waals surface area contributed by atoms with Crippen molar-refractivity contribution >= 4 is 65.5 Å². The summed E-state index contributed by atoms with van der Waals surface area (Å²) < 4.78 is 0. The molecule has 0 bridgehead atoms. The van der Waals surface area contributed by atoms with Crippen LogP contribution in [0.25, 0.3) is 0 Å². The van der Waals surface area contributed by atoms with E-state index in [0.29, 0.717) is 11.1 Å². The van der Waals surface area contributed by atoms with Gasteiger partial charge in [-0.05, 0) is 93.3 Å². The molecule has 2 aromatic carbocycles. The summed E-state index contributed by atoms with van der Waals surface area (Å²) >= 11 is 10.7. The Morgan fingerprint density at radius 1 is 0.542 bits per heavy atom. The Morgan fingerprint density at radius 2 is 0.792 bits per heavy atom. The fourth-order valence-electron chi connectivity index (χ4n) is 1.65. The number of carbonyl (C=O) groups excluding carboxylic acids is 4. The van der Waals surface area contributed by atoms with Gasteiger partial charge in [0, 0.05) is 22.3 Å². The first-order valence-corrected chi connectivity index (χ1v) is 9.32. The summed E-state index contributed by atoms with van der Waals surface area (Å²) in [7, 11) is 1.55. The molecule has 0 saturated heterocycles. The van der Waals surface area contributed by atoms with Crippen LogP contribution < -0.4 is 0 Å². The van der Waals surface area contributed by atoms with E-state index in [4.69, 9.17) is 23.2 Å². The molecule has 2 rings (SSSR count). The SMILES string of the molecule is O=C(Cl)c1ccc(C(=O)SSC(=O)c2ccc(C(=O)Cl)cc2)cc1. The van der Waals surface area contributed by atoms with Crippen LogP contribution in [0.5, 0.6) is 0 Å². The Bertz CT molecular complexity index is 732. The third kappa shape index (κ3) is 4.95. The average Bonchev–Trinajstić information content (AvgIpc) is 2.59. The zero-order valence-electron chi connectivity index (χ0n) is 11.8. The molecule has 2 aromatic rings. The predicted octanol–water partition coefficient (Wildman–Crippen LogP) is 4.81. The predicted molar refractivity (Wildman–Crippen MR) is 97.1 cm³/mol. The molecule has 0 fully saturated rings. The van der Waals surface area contributed by atoms with Crippen LogP contribution >= 0.6 is 44.8 Å². The van der Waals surface area contributed by atoms with Crippen molar-refractivity contribution in [1.82, 2.24) is 0 Å². The summed E-state index contributed by atoms with van der Waals surface area (Å²) in [6.07, 6.45) is 0. The molecular formula is C16H8Cl2O4S2. The van der Waals surface area contributed by atoms with E-state index in [1.807, 2.05) is 0 Å². The van der Waals surface area contributed by atoms with Crippen LogP contribution in [0.2, 0.25) is 0 Å². The van der Waals surface area contributed by atoms with E-state index in [1.165, 1.54) is 48.5 Å². The fraction of sp³-hybridized carbons (Fsp3) is 0. The maximum Gasteiger partial charge on any atom is 0.252 e. The molecular weight excluding hydrogens is 391 g/mol. The molecule has 0 heterocycles. The Kier molecular flexibility index (Phi) is 6.62. The molecule has 0 aromatic heterocycles. The Labute approximate surface area is 155 Å². The standard InChI is InChI=1S/C16H8Cl2O4S2/c17-13(19)9-1-5-11(6-2-9)15(21)23-24-16(22)12-7-3-10(4-8-12)14(18)20/h1-8H. The van der Waals surface area contributed by atoms with Gasteiger partial charge < -0.3 is 0 Å². The Hall–Kier alpha value is -1.60. The highest BCUT2D eigenvalue weighted by atomic mass is 35.5. The third-order valence-electron chi connectivity index (χ3n) is 2.89. The molecule has 0 atom stereocenters. The van der Waals surface area contributed by atoms with Crippen LogP contribution in [-0.4, -0.2) is 20.7 Å². The van der Waals surface area contributed by atoms with Gasteiger partial charge in [-0.2, -0.15) is 0 Å². The van der Waals surface area contributed by atoms with Gasteiger partial charge in [-0.15, -0.1) is 0 Å². The molecule has 122 valence electrons. The topological polar surface area (TPSA) is 68.3 Å². The van der Waals surface area contributed by atoms with E-state index in [2.05, 4.69) is 0 Å². The van der Waals surface area contributed by atoms with E-state index < -0.39 is 10.5 Å². The Balaban J connectivity index is 1.96. The van der Waals surface area contributed by atoms with Crippen molar-refractivity contribution in [1.29, 1.82) is 0 Å². The maximum absolute atomic E-state index is 12.0. The lowest BCUT2D eigenvalue weighted by Crippen LogP contribution is -1.97. The lowest BCUT2D eigenvalue weighted by Gasteiger charge is -2.02. The van der Waals surface area contributed by atoms with Crippen LogP contribution in [-0.2, 0) is 0 Å². The molecule has 0 unspecified atom stereocenters. The minimum atomic E-state index is -0.606. The second-order valence-corrected chi connectivity index (χ2v) is 7.21. The van der Waals surface area contributed by atoms with Gasteiger partial charge in [-0.3, -0.25) is 19.2 Å². The molecule has 0 spiro atoms. The molecule has 0 saturated carbocycles. The minimum absolute atomic E-state index is 0.288. The number of rotatable bonds is 4. The van der Waals surface area contributed by atoms with Crippen molar-refractivity contribution in [2.24, 2.45) is 0 Å². The molecule has 0 aliphatic carbocycles. The summed E-state index contributed by atoms with van der Waals surface area (Å²) in [5.74, 6) is 0. The second-order valence-electron chi connectivity index (χ2n) is 4.44. The smallest absolute Gasteiger partial charge is 0.252 e. The van der Waals surface area contributed by atoms with E-state index in [-0.39, 0.29) is 21.4 Å². The summed E-state index contributed by atoms with van der Waals surface area (Å²) in [6.45, 7) is 0. The quantitative estimate of drug-likeness (QED) is 0.543. The van der Waals surface area contributed by atoms with Gasteiger partial charge in [0.05, 0.1) is 0 Å². The molecule has 0 radical (unpaired) electrons.